The first kappa shape index (κ1) is 21.3. The lowest BCUT2D eigenvalue weighted by atomic mass is 9.77. The number of nitrogens with zero attached hydrogens (tertiary/aromatic N) is 3. The standard InChI is InChI=1S/C22H29ClN4O3/c1-3-4-5-27-13-17(16-10-14(2)25-19(16)21(27)28)15-11-18(23)20(24-12-15)22(29)26-6-8-30-9-7-26/h3-4,11-12,14,16-17,19,25H,5-10,13H2,1-2H3/b4-3+. The summed E-state index contributed by atoms with van der Waals surface area (Å²) in [5.41, 5.74) is 1.27. The Kier molecular flexibility index (Phi) is 6.41. The molecule has 3 aliphatic rings. The van der Waals surface area contributed by atoms with Crippen LogP contribution in [0, 0.1) is 5.92 Å². The Morgan fingerprint density at radius 1 is 1.40 bits per heavy atom. The van der Waals surface area contributed by atoms with Gasteiger partial charge in [-0.1, -0.05) is 23.8 Å². The Balaban J connectivity index is 1.59. The molecular weight excluding hydrogens is 404 g/mol. The van der Waals surface area contributed by atoms with Crippen molar-refractivity contribution in [1.82, 2.24) is 20.1 Å². The van der Waals surface area contributed by atoms with E-state index in [-0.39, 0.29) is 35.4 Å². The van der Waals surface area contributed by atoms with E-state index >= 15 is 0 Å². The topological polar surface area (TPSA) is 74.8 Å². The van der Waals surface area contributed by atoms with E-state index in [2.05, 4.69) is 17.2 Å². The summed E-state index contributed by atoms with van der Waals surface area (Å²) in [5, 5.41) is 3.83. The summed E-state index contributed by atoms with van der Waals surface area (Å²) in [6, 6.07) is 1.98. The quantitative estimate of drug-likeness (QED) is 0.737. The van der Waals surface area contributed by atoms with Crippen LogP contribution in [0.2, 0.25) is 5.02 Å². The number of pyridine rings is 1. The van der Waals surface area contributed by atoms with Gasteiger partial charge in [-0.15, -0.1) is 0 Å². The summed E-state index contributed by atoms with van der Waals surface area (Å²) < 4.78 is 5.32. The Bertz CT molecular complexity index is 840. The van der Waals surface area contributed by atoms with Crippen molar-refractivity contribution in [2.24, 2.45) is 5.92 Å². The van der Waals surface area contributed by atoms with Crippen molar-refractivity contribution in [2.75, 3.05) is 39.4 Å². The summed E-state index contributed by atoms with van der Waals surface area (Å²) in [4.78, 5) is 33.8. The Labute approximate surface area is 182 Å². The molecule has 0 aliphatic carbocycles. The molecule has 8 heteroatoms. The summed E-state index contributed by atoms with van der Waals surface area (Å²) in [5.74, 6) is 0.343. The van der Waals surface area contributed by atoms with E-state index < -0.39 is 0 Å². The summed E-state index contributed by atoms with van der Waals surface area (Å²) in [7, 11) is 0. The molecule has 3 saturated heterocycles. The van der Waals surface area contributed by atoms with E-state index in [0.717, 1.165) is 12.0 Å². The molecule has 3 aliphatic heterocycles. The lowest BCUT2D eigenvalue weighted by Crippen LogP contribution is -2.54. The summed E-state index contributed by atoms with van der Waals surface area (Å²) in [6.07, 6.45) is 6.67. The van der Waals surface area contributed by atoms with Crippen molar-refractivity contribution in [3.8, 4) is 0 Å². The number of rotatable bonds is 4. The number of amides is 2. The minimum atomic E-state index is -0.183. The molecule has 2 amide bonds. The fourth-order valence-electron chi connectivity index (χ4n) is 4.83. The van der Waals surface area contributed by atoms with Crippen LogP contribution in [0.3, 0.4) is 0 Å². The van der Waals surface area contributed by atoms with Crippen LogP contribution in [-0.4, -0.2) is 78.1 Å². The number of nitrogens with one attached hydrogen (secondary N) is 1. The number of hydrogen-bond acceptors (Lipinski definition) is 5. The first-order chi connectivity index (χ1) is 14.5. The molecular formula is C22H29ClN4O3. The maximum atomic E-state index is 12.9. The molecule has 30 heavy (non-hydrogen) atoms. The molecule has 0 spiro atoms. The van der Waals surface area contributed by atoms with Gasteiger partial charge in [-0.25, -0.2) is 4.98 Å². The minimum Gasteiger partial charge on any atom is -0.378 e. The Morgan fingerprint density at radius 3 is 2.87 bits per heavy atom. The van der Waals surface area contributed by atoms with Crippen molar-refractivity contribution in [1.29, 1.82) is 0 Å². The van der Waals surface area contributed by atoms with Gasteiger partial charge < -0.3 is 19.9 Å². The lowest BCUT2D eigenvalue weighted by Gasteiger charge is -2.40. The molecule has 0 saturated carbocycles. The zero-order valence-electron chi connectivity index (χ0n) is 17.5. The molecule has 4 atom stereocenters. The van der Waals surface area contributed by atoms with Crippen LogP contribution in [0.15, 0.2) is 24.4 Å². The predicted octanol–water partition coefficient (Wildman–Crippen LogP) is 2.08. The largest absolute Gasteiger partial charge is 0.378 e. The number of allylic oxidation sites excluding steroid dienone is 1. The molecule has 1 aromatic rings. The summed E-state index contributed by atoms with van der Waals surface area (Å²) in [6.45, 7) is 7.48. The van der Waals surface area contributed by atoms with Gasteiger partial charge in [0.25, 0.3) is 5.91 Å². The lowest BCUT2D eigenvalue weighted by molar-refractivity contribution is -0.137. The third-order valence-electron chi connectivity index (χ3n) is 6.38. The van der Waals surface area contributed by atoms with Crippen LogP contribution < -0.4 is 5.32 Å². The van der Waals surface area contributed by atoms with Crippen molar-refractivity contribution < 1.29 is 14.3 Å². The molecule has 1 N–H and O–H groups in total. The number of ether oxygens (including phenoxy) is 1. The normalized spacial score (nSPS) is 29.5. The van der Waals surface area contributed by atoms with Gasteiger partial charge >= 0.3 is 0 Å². The van der Waals surface area contributed by atoms with Gasteiger partial charge in [0.15, 0.2) is 0 Å². The molecule has 7 nitrogen and oxygen atoms in total. The number of hydrogen-bond donors (Lipinski definition) is 1. The molecule has 3 fully saturated rings. The van der Waals surface area contributed by atoms with E-state index in [4.69, 9.17) is 16.3 Å². The molecule has 162 valence electrons. The van der Waals surface area contributed by atoms with E-state index in [1.807, 2.05) is 30.0 Å². The number of halogens is 1. The van der Waals surface area contributed by atoms with Crippen LogP contribution in [0.1, 0.15) is 42.2 Å². The second-order valence-corrected chi connectivity index (χ2v) is 8.77. The average Bonchev–Trinajstić information content (AvgIpc) is 3.15. The number of piperidine rings is 1. The third kappa shape index (κ3) is 4.11. The van der Waals surface area contributed by atoms with E-state index in [9.17, 15) is 9.59 Å². The van der Waals surface area contributed by atoms with Crippen molar-refractivity contribution in [3.63, 3.8) is 0 Å². The number of aromatic nitrogens is 1. The van der Waals surface area contributed by atoms with Crippen molar-refractivity contribution >= 4 is 23.4 Å². The molecule has 0 bridgehead atoms. The van der Waals surface area contributed by atoms with Gasteiger partial charge in [-0.05, 0) is 37.8 Å². The minimum absolute atomic E-state index is 0.132. The first-order valence-corrected chi connectivity index (χ1v) is 11.1. The van der Waals surface area contributed by atoms with Crippen molar-refractivity contribution in [2.45, 2.75) is 38.3 Å². The summed E-state index contributed by atoms with van der Waals surface area (Å²) >= 11 is 6.53. The highest BCUT2D eigenvalue weighted by Crippen LogP contribution is 2.40. The number of fused-ring (bicyclic) bond motifs is 1. The van der Waals surface area contributed by atoms with Gasteiger partial charge in [-0.2, -0.15) is 0 Å². The second kappa shape index (κ2) is 9.04. The second-order valence-electron chi connectivity index (χ2n) is 8.37. The van der Waals surface area contributed by atoms with Gasteiger partial charge in [0, 0.05) is 44.3 Å². The molecule has 0 radical (unpaired) electrons. The van der Waals surface area contributed by atoms with E-state index in [0.29, 0.717) is 50.5 Å². The Morgan fingerprint density at radius 2 is 2.17 bits per heavy atom. The number of carbonyl (C=O) groups excluding carboxylic acids is 2. The van der Waals surface area contributed by atoms with Gasteiger partial charge in [0.1, 0.15) is 5.69 Å². The Hall–Kier alpha value is -1.96. The van der Waals surface area contributed by atoms with Crippen molar-refractivity contribution in [3.05, 3.63) is 40.7 Å². The highest BCUT2D eigenvalue weighted by atomic mass is 35.5. The van der Waals surface area contributed by atoms with Gasteiger partial charge in [0.2, 0.25) is 5.91 Å². The van der Waals surface area contributed by atoms with Crippen LogP contribution in [0.5, 0.6) is 0 Å². The van der Waals surface area contributed by atoms with Crippen LogP contribution in [0.4, 0.5) is 0 Å². The first-order valence-electron chi connectivity index (χ1n) is 10.7. The zero-order chi connectivity index (χ0) is 21.3. The van der Waals surface area contributed by atoms with Gasteiger partial charge in [-0.3, -0.25) is 9.59 Å². The highest BCUT2D eigenvalue weighted by Gasteiger charge is 2.47. The molecule has 4 unspecified atom stereocenters. The van der Waals surface area contributed by atoms with E-state index in [1.165, 1.54) is 0 Å². The fraction of sp³-hybridized carbons (Fsp3) is 0.591. The number of likely N-dealkylation sites (tertiary alicyclic amines) is 1. The molecule has 4 heterocycles. The number of carbonyl (C=O) groups is 2. The maximum absolute atomic E-state index is 12.9. The smallest absolute Gasteiger partial charge is 0.274 e. The molecule has 1 aromatic heterocycles. The molecule has 4 rings (SSSR count). The van der Waals surface area contributed by atoms with E-state index in [1.54, 1.807) is 11.1 Å². The maximum Gasteiger partial charge on any atom is 0.274 e. The number of morpholine rings is 1. The zero-order valence-corrected chi connectivity index (χ0v) is 18.3. The van der Waals surface area contributed by atoms with Crippen LogP contribution >= 0.6 is 11.6 Å². The monoisotopic (exact) mass is 432 g/mol. The SMILES string of the molecule is C/C=C/CN1CC(c2cnc(C(=O)N3CCOCC3)c(Cl)c2)C2CC(C)NC2C1=O. The highest BCUT2D eigenvalue weighted by molar-refractivity contribution is 6.33. The van der Waals surface area contributed by atoms with Gasteiger partial charge in [0.05, 0.1) is 24.3 Å². The predicted molar refractivity (Wildman–Crippen MR) is 115 cm³/mol. The molecule has 0 aromatic carbocycles. The van der Waals surface area contributed by atoms with Crippen LogP contribution in [0.25, 0.3) is 0 Å². The average molecular weight is 433 g/mol. The fourth-order valence-corrected chi connectivity index (χ4v) is 5.09. The third-order valence-corrected chi connectivity index (χ3v) is 6.67. The van der Waals surface area contributed by atoms with Crippen LogP contribution in [-0.2, 0) is 9.53 Å².